The van der Waals surface area contributed by atoms with Crippen LogP contribution >= 0.6 is 11.8 Å². The normalized spacial score (nSPS) is 20.4. The molecule has 0 radical (unpaired) electrons. The molecule has 2 saturated heterocycles. The molecule has 2 aromatic heterocycles. The van der Waals surface area contributed by atoms with E-state index < -0.39 is 5.79 Å². The molecule has 3 aliphatic heterocycles. The van der Waals surface area contributed by atoms with Crippen molar-refractivity contribution in [2.24, 2.45) is 5.92 Å². The van der Waals surface area contributed by atoms with Crippen molar-refractivity contribution in [3.63, 3.8) is 0 Å². The van der Waals surface area contributed by atoms with Crippen molar-refractivity contribution >= 4 is 23.5 Å². The van der Waals surface area contributed by atoms with Gasteiger partial charge in [-0.1, -0.05) is 6.92 Å². The molecule has 45 heavy (non-hydrogen) atoms. The van der Waals surface area contributed by atoms with Gasteiger partial charge in [-0.25, -0.2) is 4.98 Å². The SMILES string of the molecule is CCN1CCC([C@@]2(C)Oc3c(-c4ccc(N5CCOCC5)nc4)cc(C(=O)NCc4c(SC)cc(C)[nH]c4=O)c(C)c3O2)CC1. The van der Waals surface area contributed by atoms with Gasteiger partial charge in [0.2, 0.25) is 0 Å². The number of anilines is 1. The molecule has 5 heterocycles. The summed E-state index contributed by atoms with van der Waals surface area (Å²) in [6.07, 6.45) is 5.71. The van der Waals surface area contributed by atoms with E-state index in [2.05, 4.69) is 27.0 Å². The molecule has 10 nitrogen and oxygen atoms in total. The third-order valence-electron chi connectivity index (χ3n) is 9.38. The third kappa shape index (κ3) is 6.30. The van der Waals surface area contributed by atoms with E-state index in [0.29, 0.717) is 41.4 Å². The number of benzene rings is 1. The maximum atomic E-state index is 13.8. The first-order valence-corrected chi connectivity index (χ1v) is 17.0. The molecule has 2 fully saturated rings. The van der Waals surface area contributed by atoms with Crippen molar-refractivity contribution in [2.45, 2.75) is 57.8 Å². The summed E-state index contributed by atoms with van der Waals surface area (Å²) in [4.78, 5) is 39.7. The van der Waals surface area contributed by atoms with Crippen molar-refractivity contribution in [1.29, 1.82) is 0 Å². The lowest BCUT2D eigenvalue weighted by Gasteiger charge is -2.38. The monoisotopic (exact) mass is 633 g/mol. The number of pyridine rings is 2. The molecule has 6 rings (SSSR count). The van der Waals surface area contributed by atoms with E-state index in [1.165, 1.54) is 11.8 Å². The van der Waals surface area contributed by atoms with Crippen LogP contribution in [-0.2, 0) is 11.3 Å². The second-order valence-corrected chi connectivity index (χ2v) is 13.0. The number of rotatable bonds is 8. The number of nitrogens with one attached hydrogen (secondary N) is 2. The van der Waals surface area contributed by atoms with Gasteiger partial charge in [-0.3, -0.25) is 9.59 Å². The molecule has 3 aromatic rings. The third-order valence-corrected chi connectivity index (χ3v) is 10.2. The van der Waals surface area contributed by atoms with Gasteiger partial charge >= 0.3 is 0 Å². The van der Waals surface area contributed by atoms with Gasteiger partial charge in [-0.15, -0.1) is 11.8 Å². The molecule has 0 spiro atoms. The number of ether oxygens (including phenoxy) is 3. The predicted octanol–water partition coefficient (Wildman–Crippen LogP) is 4.76. The number of morpholine rings is 1. The zero-order valence-electron chi connectivity index (χ0n) is 26.8. The molecule has 1 atom stereocenters. The topological polar surface area (TPSA) is 109 Å². The van der Waals surface area contributed by atoms with Crippen LogP contribution in [0.3, 0.4) is 0 Å². The van der Waals surface area contributed by atoms with Crippen molar-refractivity contribution < 1.29 is 19.0 Å². The molecule has 3 aliphatic rings. The lowest BCUT2D eigenvalue weighted by molar-refractivity contribution is -0.124. The molecule has 11 heteroatoms. The highest BCUT2D eigenvalue weighted by Crippen LogP contribution is 2.52. The first-order valence-electron chi connectivity index (χ1n) is 15.8. The fourth-order valence-electron chi connectivity index (χ4n) is 6.60. The summed E-state index contributed by atoms with van der Waals surface area (Å²) in [6, 6.07) is 7.84. The van der Waals surface area contributed by atoms with Crippen molar-refractivity contribution in [3.8, 4) is 22.6 Å². The number of likely N-dealkylation sites (tertiary alicyclic amines) is 1. The summed E-state index contributed by atoms with van der Waals surface area (Å²) in [5, 5.41) is 3.00. The highest BCUT2D eigenvalue weighted by atomic mass is 32.2. The number of carbonyl (C=O) groups is 1. The number of fused-ring (bicyclic) bond motifs is 1. The number of aromatic nitrogens is 2. The van der Waals surface area contributed by atoms with Crippen LogP contribution in [0.25, 0.3) is 11.1 Å². The standard InChI is InChI=1S/C34H43N5O5S/c1-6-38-11-9-24(10-12-38)34(4)43-30-22(3)25(32(40)36-20-27-28(45-5)17-21(2)37-33(27)41)18-26(31(30)44-34)23-7-8-29(35-19-23)39-13-15-42-16-14-39/h7-8,17-19,24H,6,9-16,20H2,1-5H3,(H,36,40)(H,37,41)/t34-/m1/s1. The van der Waals surface area contributed by atoms with Gasteiger partial charge in [0.05, 0.1) is 13.2 Å². The van der Waals surface area contributed by atoms with Crippen molar-refractivity contribution in [2.75, 3.05) is 57.1 Å². The second kappa shape index (κ2) is 13.1. The minimum absolute atomic E-state index is 0.108. The lowest BCUT2D eigenvalue weighted by atomic mass is 9.89. The number of piperidine rings is 1. The average Bonchev–Trinajstić information content (AvgIpc) is 3.43. The minimum atomic E-state index is -0.847. The van der Waals surface area contributed by atoms with E-state index in [9.17, 15) is 9.59 Å². The zero-order chi connectivity index (χ0) is 31.7. The van der Waals surface area contributed by atoms with Gasteiger partial charge in [0.25, 0.3) is 17.3 Å². The summed E-state index contributed by atoms with van der Waals surface area (Å²) in [6.45, 7) is 14.1. The predicted molar refractivity (Wildman–Crippen MR) is 177 cm³/mol. The Morgan fingerprint density at radius 2 is 1.84 bits per heavy atom. The van der Waals surface area contributed by atoms with Crippen LogP contribution in [0.1, 0.15) is 53.9 Å². The van der Waals surface area contributed by atoms with Gasteiger partial charge in [-0.05, 0) is 76.8 Å². The number of thioether (sulfide) groups is 1. The van der Waals surface area contributed by atoms with Crippen LogP contribution in [0.15, 0.2) is 40.2 Å². The fraction of sp³-hybridized carbons (Fsp3) is 0.500. The number of hydrogen-bond acceptors (Lipinski definition) is 9. The Hall–Kier alpha value is -3.54. The number of amides is 1. The van der Waals surface area contributed by atoms with Gasteiger partial charge in [0.15, 0.2) is 11.5 Å². The molecule has 1 aromatic carbocycles. The Bertz CT molecular complexity index is 1610. The van der Waals surface area contributed by atoms with E-state index in [1.807, 2.05) is 57.5 Å². The van der Waals surface area contributed by atoms with Gasteiger partial charge in [-0.2, -0.15) is 0 Å². The maximum Gasteiger partial charge on any atom is 0.254 e. The first-order chi connectivity index (χ1) is 21.7. The number of nitrogens with zero attached hydrogens (tertiary/aromatic N) is 3. The zero-order valence-corrected chi connectivity index (χ0v) is 27.6. The lowest BCUT2D eigenvalue weighted by Crippen LogP contribution is -2.48. The van der Waals surface area contributed by atoms with Crippen LogP contribution in [0.2, 0.25) is 0 Å². The second-order valence-electron chi connectivity index (χ2n) is 12.2. The summed E-state index contributed by atoms with van der Waals surface area (Å²) in [7, 11) is 0. The molecule has 0 saturated carbocycles. The molecule has 1 amide bonds. The Morgan fingerprint density at radius 1 is 1.11 bits per heavy atom. The van der Waals surface area contributed by atoms with Gasteiger partial charge < -0.3 is 34.3 Å². The Labute approximate surface area is 268 Å². The summed E-state index contributed by atoms with van der Waals surface area (Å²) >= 11 is 1.49. The number of carbonyl (C=O) groups excluding carboxylic acids is 1. The molecular weight excluding hydrogens is 590 g/mol. The first kappa shape index (κ1) is 31.4. The summed E-state index contributed by atoms with van der Waals surface area (Å²) < 4.78 is 19.0. The number of H-pyrrole nitrogens is 1. The largest absolute Gasteiger partial charge is 0.448 e. The van der Waals surface area contributed by atoms with Crippen LogP contribution in [0.5, 0.6) is 11.5 Å². The summed E-state index contributed by atoms with van der Waals surface area (Å²) in [5.74, 6) is 1.20. The van der Waals surface area contributed by atoms with E-state index in [-0.39, 0.29) is 23.9 Å². The highest BCUT2D eigenvalue weighted by molar-refractivity contribution is 7.98. The van der Waals surface area contributed by atoms with E-state index in [0.717, 1.165) is 73.1 Å². The van der Waals surface area contributed by atoms with Crippen LogP contribution in [0, 0.1) is 19.8 Å². The van der Waals surface area contributed by atoms with Crippen molar-refractivity contribution in [3.05, 3.63) is 63.2 Å². The Kier molecular flexibility index (Phi) is 9.12. The number of aromatic amines is 1. The van der Waals surface area contributed by atoms with Crippen molar-refractivity contribution in [1.82, 2.24) is 20.2 Å². The van der Waals surface area contributed by atoms with E-state index in [1.54, 1.807) is 0 Å². The summed E-state index contributed by atoms with van der Waals surface area (Å²) in [5.41, 5.74) is 3.91. The maximum absolute atomic E-state index is 13.8. The number of aryl methyl sites for hydroxylation is 1. The number of hydrogen-bond donors (Lipinski definition) is 2. The molecule has 0 bridgehead atoms. The fourth-order valence-corrected chi connectivity index (χ4v) is 7.30. The highest BCUT2D eigenvalue weighted by Gasteiger charge is 2.47. The Morgan fingerprint density at radius 3 is 2.51 bits per heavy atom. The molecular formula is C34H43N5O5S. The quantitative estimate of drug-likeness (QED) is 0.340. The molecule has 2 N–H and O–H groups in total. The van der Waals surface area contributed by atoms with E-state index in [4.69, 9.17) is 19.2 Å². The van der Waals surface area contributed by atoms with Crippen LogP contribution in [-0.4, -0.2) is 78.8 Å². The smallest absolute Gasteiger partial charge is 0.254 e. The molecule has 0 unspecified atom stereocenters. The van der Waals surface area contributed by atoms with E-state index >= 15 is 0 Å². The molecule has 0 aliphatic carbocycles. The molecule has 240 valence electrons. The minimum Gasteiger partial charge on any atom is -0.448 e. The van der Waals surface area contributed by atoms with Gasteiger partial charge in [0, 0.05) is 77.1 Å². The average molecular weight is 634 g/mol. The van der Waals surface area contributed by atoms with Gasteiger partial charge in [0.1, 0.15) is 5.82 Å². The Balaban J connectivity index is 1.34. The van der Waals surface area contributed by atoms with Crippen LogP contribution < -0.4 is 25.2 Å². The van der Waals surface area contributed by atoms with Crippen LogP contribution in [0.4, 0.5) is 5.82 Å².